The van der Waals surface area contributed by atoms with Gasteiger partial charge in [-0.2, -0.15) is 17.0 Å². The van der Waals surface area contributed by atoms with Crippen molar-refractivity contribution >= 4 is 27.7 Å². The van der Waals surface area contributed by atoms with Crippen molar-refractivity contribution in [2.24, 2.45) is 0 Å². The van der Waals surface area contributed by atoms with Crippen LogP contribution in [0.2, 0.25) is 0 Å². The second-order valence-electron chi connectivity index (χ2n) is 8.24. The van der Waals surface area contributed by atoms with Crippen LogP contribution in [-0.2, 0) is 14.9 Å². The van der Waals surface area contributed by atoms with Crippen molar-refractivity contribution in [2.45, 2.75) is 26.1 Å². The lowest BCUT2D eigenvalue weighted by Gasteiger charge is -2.40. The zero-order valence-electron chi connectivity index (χ0n) is 17.8. The Morgan fingerprint density at radius 1 is 1.03 bits per heavy atom. The molecule has 2 saturated heterocycles. The molecule has 2 unspecified atom stereocenters. The first-order valence-corrected chi connectivity index (χ1v) is 11.8. The number of nitrogens with zero attached hydrogens (tertiary/aromatic N) is 5. The highest BCUT2D eigenvalue weighted by molar-refractivity contribution is 7.86. The summed E-state index contributed by atoms with van der Waals surface area (Å²) < 4.78 is 34.5. The van der Waals surface area contributed by atoms with Crippen molar-refractivity contribution in [2.75, 3.05) is 45.9 Å². The molecule has 1 aromatic carbocycles. The lowest BCUT2D eigenvalue weighted by atomic mass is 10.1. The molecule has 2 atom stereocenters. The van der Waals surface area contributed by atoms with Crippen LogP contribution in [0.25, 0.3) is 0 Å². The van der Waals surface area contributed by atoms with Crippen molar-refractivity contribution in [1.82, 2.24) is 18.4 Å². The van der Waals surface area contributed by atoms with Crippen LogP contribution in [0, 0.1) is 10.1 Å². The molecule has 0 radical (unpaired) electrons. The van der Waals surface area contributed by atoms with Gasteiger partial charge in [0.25, 0.3) is 27.7 Å². The number of benzene rings is 1. The average molecular weight is 468 g/mol. The van der Waals surface area contributed by atoms with Gasteiger partial charge < -0.3 is 4.74 Å². The average Bonchev–Trinajstić information content (AvgIpc) is 2.98. The molecule has 1 aromatic rings. The number of morpholine rings is 1. The maximum absolute atomic E-state index is 13.0. The zero-order valence-corrected chi connectivity index (χ0v) is 18.7. The lowest BCUT2D eigenvalue weighted by Crippen LogP contribution is -2.58. The van der Waals surface area contributed by atoms with Crippen LogP contribution < -0.4 is 0 Å². The Kier molecular flexibility index (Phi) is 6.02. The molecule has 3 aliphatic heterocycles. The second-order valence-corrected chi connectivity index (χ2v) is 10.2. The molecule has 0 spiro atoms. The number of rotatable bonds is 5. The Balaban J connectivity index is 1.40. The minimum Gasteiger partial charge on any atom is -0.373 e. The summed E-state index contributed by atoms with van der Waals surface area (Å²) >= 11 is 0. The van der Waals surface area contributed by atoms with Crippen LogP contribution >= 0.6 is 0 Å². The third-order valence-corrected chi connectivity index (χ3v) is 7.85. The highest BCUT2D eigenvalue weighted by Gasteiger charge is 2.42. The normalized spacial score (nSPS) is 25.9. The van der Waals surface area contributed by atoms with E-state index in [1.807, 2.05) is 13.8 Å². The number of carbonyl (C=O) groups is 2. The molecule has 0 saturated carbocycles. The van der Waals surface area contributed by atoms with Crippen LogP contribution in [-0.4, -0.2) is 102 Å². The molecule has 4 rings (SSSR count). The quantitative estimate of drug-likeness (QED) is 0.339. The molecular formula is C19H25N5O7S. The number of nitro groups is 1. The van der Waals surface area contributed by atoms with Gasteiger partial charge in [-0.15, -0.1) is 0 Å². The Hall–Kier alpha value is -2.45. The van der Waals surface area contributed by atoms with Crippen molar-refractivity contribution in [3.05, 3.63) is 39.4 Å². The van der Waals surface area contributed by atoms with Gasteiger partial charge in [0.2, 0.25) is 0 Å². The van der Waals surface area contributed by atoms with Crippen LogP contribution in [0.3, 0.4) is 0 Å². The van der Waals surface area contributed by atoms with Crippen molar-refractivity contribution < 1.29 is 27.7 Å². The number of fused-ring (bicyclic) bond motifs is 1. The van der Waals surface area contributed by atoms with E-state index in [0.717, 1.165) is 4.90 Å². The van der Waals surface area contributed by atoms with E-state index in [2.05, 4.69) is 0 Å². The first-order valence-electron chi connectivity index (χ1n) is 10.4. The molecule has 3 heterocycles. The largest absolute Gasteiger partial charge is 0.373 e. The maximum atomic E-state index is 13.0. The van der Waals surface area contributed by atoms with E-state index in [1.54, 1.807) is 4.90 Å². The molecular weight excluding hydrogens is 442 g/mol. The topological polar surface area (TPSA) is 134 Å². The van der Waals surface area contributed by atoms with Crippen LogP contribution in [0.1, 0.15) is 34.6 Å². The van der Waals surface area contributed by atoms with Gasteiger partial charge in [-0.1, -0.05) is 6.07 Å². The smallest absolute Gasteiger partial charge is 0.282 e. The van der Waals surface area contributed by atoms with Gasteiger partial charge in [0, 0.05) is 45.3 Å². The lowest BCUT2D eigenvalue weighted by molar-refractivity contribution is -0.385. The first kappa shape index (κ1) is 22.7. The summed E-state index contributed by atoms with van der Waals surface area (Å²) in [5.74, 6) is -1.29. The number of amides is 2. The molecule has 12 nitrogen and oxygen atoms in total. The molecule has 2 amide bonds. The Labute approximate surface area is 185 Å². The number of piperazine rings is 1. The van der Waals surface area contributed by atoms with Crippen molar-refractivity contribution in [1.29, 1.82) is 0 Å². The van der Waals surface area contributed by atoms with Gasteiger partial charge in [-0.05, 0) is 19.9 Å². The van der Waals surface area contributed by atoms with Gasteiger partial charge in [0.1, 0.15) is 5.56 Å². The van der Waals surface area contributed by atoms with Crippen LogP contribution in [0.4, 0.5) is 5.69 Å². The Morgan fingerprint density at radius 2 is 1.66 bits per heavy atom. The summed E-state index contributed by atoms with van der Waals surface area (Å²) in [6.45, 7) is 5.28. The SMILES string of the molecule is CC1CN(S(=O)(=O)N2CCN(CN3C(=O)c4cccc([N+](=O)[O-])c4C3=O)CC2)CC(C)O1. The number of nitro benzene ring substituents is 1. The number of ether oxygens (including phenoxy) is 1. The molecule has 0 N–H and O–H groups in total. The summed E-state index contributed by atoms with van der Waals surface area (Å²) in [5, 5.41) is 11.2. The minimum absolute atomic E-state index is 0.0148. The zero-order chi connectivity index (χ0) is 23.2. The van der Waals surface area contributed by atoms with Gasteiger partial charge in [-0.3, -0.25) is 29.5 Å². The summed E-state index contributed by atoms with van der Waals surface area (Å²) in [6.07, 6.45) is -0.375. The summed E-state index contributed by atoms with van der Waals surface area (Å²) in [4.78, 5) is 38.8. The molecule has 2 fully saturated rings. The molecule has 0 aromatic heterocycles. The molecule has 0 aliphatic carbocycles. The molecule has 174 valence electrons. The molecule has 13 heteroatoms. The fraction of sp³-hybridized carbons (Fsp3) is 0.579. The fourth-order valence-corrected chi connectivity index (χ4v) is 6.13. The van der Waals surface area contributed by atoms with Gasteiger partial charge in [0.15, 0.2) is 0 Å². The fourth-order valence-electron chi connectivity index (χ4n) is 4.38. The minimum atomic E-state index is -3.64. The molecule has 3 aliphatic rings. The van der Waals surface area contributed by atoms with E-state index in [-0.39, 0.29) is 43.1 Å². The standard InChI is InChI=1S/C19H25N5O7S/c1-13-10-22(11-14(2)31-13)32(29,30)21-8-6-20(7-9-21)12-23-18(25)15-4-3-5-16(24(27)28)17(15)19(23)26/h3-5,13-14H,6-12H2,1-2H3. The highest BCUT2D eigenvalue weighted by Crippen LogP contribution is 2.31. The summed E-state index contributed by atoms with van der Waals surface area (Å²) in [5.41, 5.74) is -0.575. The molecule has 0 bridgehead atoms. The van der Waals surface area contributed by atoms with E-state index in [4.69, 9.17) is 4.74 Å². The number of hydrogen-bond donors (Lipinski definition) is 0. The predicted molar refractivity (Wildman–Crippen MR) is 112 cm³/mol. The first-order chi connectivity index (χ1) is 15.1. The van der Waals surface area contributed by atoms with Crippen LogP contribution in [0.5, 0.6) is 0 Å². The highest BCUT2D eigenvalue weighted by atomic mass is 32.2. The van der Waals surface area contributed by atoms with Crippen molar-refractivity contribution in [3.8, 4) is 0 Å². The third kappa shape index (κ3) is 4.01. The summed E-state index contributed by atoms with van der Waals surface area (Å²) in [6, 6.07) is 3.98. The third-order valence-electron chi connectivity index (χ3n) is 5.89. The van der Waals surface area contributed by atoms with Gasteiger partial charge in [0.05, 0.1) is 29.4 Å². The van der Waals surface area contributed by atoms with Gasteiger partial charge in [-0.25, -0.2) is 0 Å². The Morgan fingerprint density at radius 3 is 2.25 bits per heavy atom. The van der Waals surface area contributed by atoms with E-state index < -0.39 is 32.6 Å². The predicted octanol–water partition coefficient (Wildman–Crippen LogP) is 0.120. The number of imide groups is 1. The van der Waals surface area contributed by atoms with E-state index in [0.29, 0.717) is 26.2 Å². The number of carbonyl (C=O) groups excluding carboxylic acids is 2. The monoisotopic (exact) mass is 467 g/mol. The van der Waals surface area contributed by atoms with Crippen LogP contribution in [0.15, 0.2) is 18.2 Å². The van der Waals surface area contributed by atoms with E-state index in [1.165, 1.54) is 26.8 Å². The number of hydrogen-bond acceptors (Lipinski definition) is 8. The second kappa shape index (κ2) is 8.48. The van der Waals surface area contributed by atoms with E-state index >= 15 is 0 Å². The summed E-state index contributed by atoms with van der Waals surface area (Å²) in [7, 11) is -3.64. The molecule has 32 heavy (non-hydrogen) atoms. The van der Waals surface area contributed by atoms with E-state index in [9.17, 15) is 28.1 Å². The van der Waals surface area contributed by atoms with Gasteiger partial charge >= 0.3 is 0 Å². The van der Waals surface area contributed by atoms with Crippen molar-refractivity contribution in [3.63, 3.8) is 0 Å². The maximum Gasteiger partial charge on any atom is 0.282 e. The Bertz CT molecular complexity index is 1040.